The van der Waals surface area contributed by atoms with Gasteiger partial charge < -0.3 is 66.5 Å². The molecule has 12 rings (SSSR count). The standard InChI is InChI=1S/2C29H28N2O7.C29H28N2O6/c1-19(31(17-27(32)33)29(34)38-25-11-7-10-24(16-25)35-3)21-12-14-23(15-13-21)36-18-26-20(2)37-28(30-26)22-8-5-4-6-9-22;1-19(31(17-27(32)33)29(34)38-25-15-13-23(35-3)14-16-25)21-9-11-24(12-10-21)36-18-26-20(2)37-28(30-26)22-7-5-4-6-8-22;1-19-9-13-25(14-10-19)37-29(34)31(17-27(32)33)20(2)22-11-15-24(16-12-22)35-18-26-21(3)36-28(30-26)23-7-5-4-6-8-23/h2*4-16,19H,17-18H2,1-3H3,(H,32,33);4-16,20H,17-18H2,1-3H3,(H,32,33)/t2*19-;20-/m000/s1. The summed E-state index contributed by atoms with van der Waals surface area (Å²) < 4.78 is 61.5. The van der Waals surface area contributed by atoms with Gasteiger partial charge in [-0.3, -0.25) is 29.1 Å². The van der Waals surface area contributed by atoms with Gasteiger partial charge in [0, 0.05) is 22.8 Å². The van der Waals surface area contributed by atoms with E-state index in [4.69, 9.17) is 51.1 Å². The van der Waals surface area contributed by atoms with Crippen molar-refractivity contribution in [2.45, 2.75) is 86.4 Å². The van der Waals surface area contributed by atoms with Gasteiger partial charge in [-0.15, -0.1) is 0 Å². The summed E-state index contributed by atoms with van der Waals surface area (Å²) in [5.41, 5.74) is 7.92. The third kappa shape index (κ3) is 23.2. The van der Waals surface area contributed by atoms with Crippen molar-refractivity contribution < 1.29 is 95.2 Å². The van der Waals surface area contributed by atoms with Crippen LogP contribution in [-0.2, 0) is 34.2 Å². The molecule has 3 heterocycles. The lowest BCUT2D eigenvalue weighted by Gasteiger charge is -2.27. The number of aryl methyl sites for hydroxylation is 4. The van der Waals surface area contributed by atoms with Crippen LogP contribution in [-0.4, -0.2) is 115 Å². The van der Waals surface area contributed by atoms with E-state index in [1.54, 1.807) is 154 Å². The van der Waals surface area contributed by atoms with Crippen LogP contribution in [0.5, 0.6) is 46.0 Å². The number of rotatable bonds is 29. The van der Waals surface area contributed by atoms with Crippen LogP contribution in [0.3, 0.4) is 0 Å². The average molecular weight is 1530 g/mol. The molecular formula is C87H84N6O20. The Bertz CT molecular complexity index is 5120. The smallest absolute Gasteiger partial charge is 0.416 e. The van der Waals surface area contributed by atoms with Crippen LogP contribution in [0, 0.1) is 27.7 Å². The summed E-state index contributed by atoms with van der Waals surface area (Å²) in [5, 5.41) is 28.1. The Balaban J connectivity index is 0.000000180. The lowest BCUT2D eigenvalue weighted by Crippen LogP contribution is -2.39. The molecule has 0 spiro atoms. The number of hydrogen-bond acceptors (Lipinski definition) is 20. The number of oxazole rings is 3. The molecule has 9 aromatic carbocycles. The summed E-state index contributed by atoms with van der Waals surface area (Å²) in [5.74, 6) is 3.98. The van der Waals surface area contributed by atoms with Crippen LogP contribution in [0.4, 0.5) is 14.4 Å². The van der Waals surface area contributed by atoms with E-state index < -0.39 is 73.9 Å². The number of benzene rings is 9. The Morgan fingerprint density at radius 3 is 0.912 bits per heavy atom. The van der Waals surface area contributed by atoms with E-state index in [0.29, 0.717) is 97.7 Å². The van der Waals surface area contributed by atoms with Crippen LogP contribution in [0.25, 0.3) is 34.4 Å². The molecule has 113 heavy (non-hydrogen) atoms. The van der Waals surface area contributed by atoms with E-state index in [1.807, 2.05) is 131 Å². The second-order valence-electron chi connectivity index (χ2n) is 25.6. The van der Waals surface area contributed by atoms with Crippen molar-refractivity contribution in [2.24, 2.45) is 0 Å². The molecule has 0 aliphatic rings. The second-order valence-corrected chi connectivity index (χ2v) is 25.6. The molecular weight excluding hydrogens is 1450 g/mol. The quantitative estimate of drug-likeness (QED) is 0.0392. The van der Waals surface area contributed by atoms with E-state index in [2.05, 4.69) is 15.0 Å². The molecule has 3 N–H and O–H groups in total. The highest BCUT2D eigenvalue weighted by Gasteiger charge is 2.30. The number of methoxy groups -OCH3 is 2. The molecule has 0 radical (unpaired) electrons. The number of amides is 3. The molecule has 0 unspecified atom stereocenters. The Kier molecular flexibility index (Phi) is 28.3. The fourth-order valence-electron chi connectivity index (χ4n) is 11.2. The Labute approximate surface area is 651 Å². The Morgan fingerprint density at radius 2 is 0.611 bits per heavy atom. The van der Waals surface area contributed by atoms with E-state index in [9.17, 15) is 44.1 Å². The van der Waals surface area contributed by atoms with Crippen molar-refractivity contribution in [1.82, 2.24) is 29.7 Å². The molecule has 3 amide bonds. The average Bonchev–Trinajstić information content (AvgIpc) is 1.36. The number of carboxylic acid groups (broad SMARTS) is 3. The molecule has 3 atom stereocenters. The molecule has 26 heteroatoms. The molecule has 582 valence electrons. The van der Waals surface area contributed by atoms with Crippen LogP contribution < -0.4 is 37.9 Å². The maximum absolute atomic E-state index is 12.9. The van der Waals surface area contributed by atoms with Gasteiger partial charge in [-0.2, -0.15) is 0 Å². The summed E-state index contributed by atoms with van der Waals surface area (Å²) in [7, 11) is 3.03. The topological polar surface area (TPSA) is 325 Å². The minimum atomic E-state index is -1.16. The summed E-state index contributed by atoms with van der Waals surface area (Å²) in [6.07, 6.45) is -2.31. The van der Waals surface area contributed by atoms with Gasteiger partial charge >= 0.3 is 36.2 Å². The van der Waals surface area contributed by atoms with Crippen molar-refractivity contribution in [1.29, 1.82) is 0 Å². The Hall–Kier alpha value is -14.2. The zero-order valence-corrected chi connectivity index (χ0v) is 63.5. The first-order valence-corrected chi connectivity index (χ1v) is 35.7. The predicted octanol–water partition coefficient (Wildman–Crippen LogP) is 18.0. The molecule has 26 nitrogen and oxygen atoms in total. The largest absolute Gasteiger partial charge is 0.497 e. The van der Waals surface area contributed by atoms with Gasteiger partial charge in [-0.05, 0) is 186 Å². The van der Waals surface area contributed by atoms with Crippen LogP contribution >= 0.6 is 0 Å². The summed E-state index contributed by atoms with van der Waals surface area (Å²) in [6.45, 7) is 11.8. The summed E-state index contributed by atoms with van der Waals surface area (Å²) in [4.78, 5) is 90.1. The number of ether oxygens (including phenoxy) is 8. The normalized spacial score (nSPS) is 11.5. The maximum Gasteiger partial charge on any atom is 0.416 e. The number of carboxylic acids is 3. The monoisotopic (exact) mass is 1530 g/mol. The molecule has 3 aromatic heterocycles. The molecule has 0 fully saturated rings. The third-order valence-corrected chi connectivity index (χ3v) is 17.7. The van der Waals surface area contributed by atoms with Gasteiger partial charge in [-0.1, -0.05) is 115 Å². The van der Waals surface area contributed by atoms with Gasteiger partial charge in [0.05, 0.1) is 32.3 Å². The van der Waals surface area contributed by atoms with Gasteiger partial charge in [0.15, 0.2) is 0 Å². The number of carbonyl (C=O) groups excluding carboxylic acids is 3. The lowest BCUT2D eigenvalue weighted by atomic mass is 10.1. The minimum absolute atomic E-state index is 0.217. The highest BCUT2D eigenvalue weighted by Crippen LogP contribution is 2.32. The first-order chi connectivity index (χ1) is 54.5. The van der Waals surface area contributed by atoms with Crippen LogP contribution in [0.15, 0.2) is 250 Å². The predicted molar refractivity (Wildman–Crippen MR) is 416 cm³/mol. The number of nitrogens with zero attached hydrogens (tertiary/aromatic N) is 6. The maximum atomic E-state index is 12.9. The number of hydrogen-bond donors (Lipinski definition) is 3. The highest BCUT2D eigenvalue weighted by atomic mass is 16.6. The minimum Gasteiger partial charge on any atom is -0.497 e. The summed E-state index contributed by atoms with van der Waals surface area (Å²) >= 11 is 0. The first kappa shape index (κ1) is 81.3. The van der Waals surface area contributed by atoms with Gasteiger partial charge in [0.25, 0.3) is 0 Å². The summed E-state index contributed by atoms with van der Waals surface area (Å²) in [6, 6.07) is 68.4. The van der Waals surface area contributed by atoms with Gasteiger partial charge in [0.2, 0.25) is 17.7 Å². The molecule has 0 aliphatic heterocycles. The van der Waals surface area contributed by atoms with Gasteiger partial charge in [0.1, 0.15) is 120 Å². The number of aromatic nitrogens is 3. The fraction of sp³-hybridized carbons (Fsp3) is 0.207. The number of carbonyl (C=O) groups is 6. The zero-order valence-electron chi connectivity index (χ0n) is 63.5. The first-order valence-electron chi connectivity index (χ1n) is 35.7. The molecule has 0 saturated carbocycles. The fourth-order valence-corrected chi connectivity index (χ4v) is 11.2. The van der Waals surface area contributed by atoms with Crippen molar-refractivity contribution in [3.63, 3.8) is 0 Å². The van der Waals surface area contributed by atoms with Crippen molar-refractivity contribution in [2.75, 3.05) is 33.9 Å². The van der Waals surface area contributed by atoms with Crippen molar-refractivity contribution in [3.05, 3.63) is 293 Å². The molecule has 0 aliphatic carbocycles. The highest BCUT2D eigenvalue weighted by molar-refractivity contribution is 5.80. The number of aliphatic carboxylic acids is 3. The van der Waals surface area contributed by atoms with E-state index >= 15 is 0 Å². The van der Waals surface area contributed by atoms with E-state index in [-0.39, 0.29) is 31.3 Å². The molecule has 0 bridgehead atoms. The Morgan fingerprint density at radius 1 is 0.336 bits per heavy atom. The van der Waals surface area contributed by atoms with E-state index in [0.717, 1.165) is 37.6 Å². The molecule has 0 saturated heterocycles. The lowest BCUT2D eigenvalue weighted by molar-refractivity contribution is -0.139. The van der Waals surface area contributed by atoms with Crippen molar-refractivity contribution in [3.8, 4) is 80.4 Å². The van der Waals surface area contributed by atoms with Crippen molar-refractivity contribution >= 4 is 36.2 Å². The second kappa shape index (κ2) is 39.3. The van der Waals surface area contributed by atoms with E-state index in [1.165, 1.54) is 19.1 Å². The molecule has 12 aromatic rings. The third-order valence-electron chi connectivity index (χ3n) is 17.7. The van der Waals surface area contributed by atoms with Gasteiger partial charge in [-0.25, -0.2) is 29.3 Å². The SMILES string of the molecule is COc1ccc(OC(=O)N(CC(=O)O)[C@@H](C)c2ccc(OCc3nc(-c4ccccc4)oc3C)cc2)cc1.COc1cccc(OC(=O)N(CC(=O)O)[C@@H](C)c2ccc(OCc3nc(-c4ccccc4)oc3C)cc2)c1.Cc1ccc(OC(=O)N(CC(=O)O)[C@@H](C)c2ccc(OCc3nc(-c4ccccc4)oc3C)cc2)cc1. The van der Waals surface area contributed by atoms with Crippen LogP contribution in [0.2, 0.25) is 0 Å². The zero-order chi connectivity index (χ0) is 80.5. The van der Waals surface area contributed by atoms with Crippen LogP contribution in [0.1, 0.15) is 95.5 Å².